The molecule has 0 saturated heterocycles. The predicted molar refractivity (Wildman–Crippen MR) is 95.7 cm³/mol. The first-order chi connectivity index (χ1) is 11.4. The molecule has 0 aliphatic carbocycles. The molecule has 4 nitrogen and oxygen atoms in total. The molecule has 24 heavy (non-hydrogen) atoms. The van der Waals surface area contributed by atoms with E-state index in [4.69, 9.17) is 4.74 Å². The highest BCUT2D eigenvalue weighted by Gasteiger charge is 2.17. The van der Waals surface area contributed by atoms with Crippen molar-refractivity contribution in [2.45, 2.75) is 40.2 Å². The van der Waals surface area contributed by atoms with E-state index in [1.54, 1.807) is 31.2 Å². The Bertz CT molecular complexity index is 735. The van der Waals surface area contributed by atoms with Crippen LogP contribution in [0.3, 0.4) is 0 Å². The van der Waals surface area contributed by atoms with Crippen LogP contribution in [0.4, 0.5) is 5.69 Å². The molecular weight excluding hydrogens is 302 g/mol. The van der Waals surface area contributed by atoms with Gasteiger partial charge in [-0.3, -0.25) is 9.59 Å². The van der Waals surface area contributed by atoms with Crippen LogP contribution in [0.15, 0.2) is 42.5 Å². The first-order valence-corrected chi connectivity index (χ1v) is 8.09. The second kappa shape index (κ2) is 7.77. The van der Waals surface area contributed by atoms with Crippen LogP contribution in [0.5, 0.6) is 5.75 Å². The predicted octanol–water partition coefficient (Wildman–Crippen LogP) is 4.17. The van der Waals surface area contributed by atoms with E-state index in [-0.39, 0.29) is 11.7 Å². The summed E-state index contributed by atoms with van der Waals surface area (Å²) in [6, 6.07) is 12.8. The number of carbonyl (C=O) groups excluding carboxylic acids is 2. The Morgan fingerprint density at radius 2 is 1.79 bits per heavy atom. The van der Waals surface area contributed by atoms with Gasteiger partial charge < -0.3 is 10.1 Å². The summed E-state index contributed by atoms with van der Waals surface area (Å²) in [5.41, 5.74) is 3.60. The highest BCUT2D eigenvalue weighted by molar-refractivity contribution is 5.96. The molecule has 0 aliphatic heterocycles. The van der Waals surface area contributed by atoms with Crippen molar-refractivity contribution in [3.8, 4) is 5.75 Å². The zero-order valence-corrected chi connectivity index (χ0v) is 14.6. The van der Waals surface area contributed by atoms with Crippen LogP contribution >= 0.6 is 0 Å². The van der Waals surface area contributed by atoms with Gasteiger partial charge in [0.15, 0.2) is 11.9 Å². The van der Waals surface area contributed by atoms with Crippen molar-refractivity contribution in [2.24, 2.45) is 0 Å². The van der Waals surface area contributed by atoms with Crippen LogP contribution in [0.2, 0.25) is 0 Å². The number of hydrogen-bond acceptors (Lipinski definition) is 3. The quantitative estimate of drug-likeness (QED) is 0.811. The van der Waals surface area contributed by atoms with Crippen molar-refractivity contribution >= 4 is 17.4 Å². The van der Waals surface area contributed by atoms with Crippen LogP contribution in [0, 0.1) is 6.92 Å². The van der Waals surface area contributed by atoms with E-state index in [1.165, 1.54) is 6.92 Å². The highest BCUT2D eigenvalue weighted by Crippen LogP contribution is 2.22. The summed E-state index contributed by atoms with van der Waals surface area (Å²) in [6.45, 7) is 7.25. The standard InChI is InChI=1S/C20H23NO3/c1-5-16-8-6-7-13(2)19(16)21-20(23)15(4)24-18-11-9-17(10-12-18)14(3)22/h6-12,15H,5H2,1-4H3,(H,21,23)/t15-/m0/s1. The molecule has 0 aromatic heterocycles. The number of carbonyl (C=O) groups is 2. The molecular formula is C20H23NO3. The number of amides is 1. The fraction of sp³-hybridized carbons (Fsp3) is 0.300. The molecule has 0 aliphatic rings. The SMILES string of the molecule is CCc1cccc(C)c1NC(=O)[C@H](C)Oc1ccc(C(C)=O)cc1. The van der Waals surface area contributed by atoms with E-state index in [0.29, 0.717) is 11.3 Å². The smallest absolute Gasteiger partial charge is 0.265 e. The van der Waals surface area contributed by atoms with Gasteiger partial charge in [-0.25, -0.2) is 0 Å². The third-order valence-electron chi connectivity index (χ3n) is 3.93. The molecule has 0 unspecified atom stereocenters. The van der Waals surface area contributed by atoms with Gasteiger partial charge in [0.2, 0.25) is 0 Å². The molecule has 126 valence electrons. The zero-order valence-electron chi connectivity index (χ0n) is 14.6. The van der Waals surface area contributed by atoms with Gasteiger partial charge in [0.05, 0.1) is 0 Å². The molecule has 2 rings (SSSR count). The minimum atomic E-state index is -0.641. The van der Waals surface area contributed by atoms with Crippen LogP contribution < -0.4 is 10.1 Å². The Morgan fingerprint density at radius 3 is 2.38 bits per heavy atom. The largest absolute Gasteiger partial charge is 0.481 e. The van der Waals surface area contributed by atoms with E-state index in [2.05, 4.69) is 12.2 Å². The summed E-state index contributed by atoms with van der Waals surface area (Å²) in [5.74, 6) is 0.358. The topological polar surface area (TPSA) is 55.4 Å². The lowest BCUT2D eigenvalue weighted by molar-refractivity contribution is -0.122. The van der Waals surface area contributed by atoms with Crippen LogP contribution in [-0.4, -0.2) is 17.8 Å². The summed E-state index contributed by atoms with van der Waals surface area (Å²) < 4.78 is 5.67. The minimum absolute atomic E-state index is 0.000936. The second-order valence-corrected chi connectivity index (χ2v) is 5.79. The van der Waals surface area contributed by atoms with E-state index in [9.17, 15) is 9.59 Å². The minimum Gasteiger partial charge on any atom is -0.481 e. The second-order valence-electron chi connectivity index (χ2n) is 5.79. The van der Waals surface area contributed by atoms with Crippen molar-refractivity contribution in [3.63, 3.8) is 0 Å². The van der Waals surface area contributed by atoms with Gasteiger partial charge in [-0.05, 0) is 62.6 Å². The molecule has 2 aromatic carbocycles. The maximum absolute atomic E-state index is 12.4. The maximum atomic E-state index is 12.4. The molecule has 1 N–H and O–H groups in total. The van der Waals surface area contributed by atoms with Gasteiger partial charge >= 0.3 is 0 Å². The monoisotopic (exact) mass is 325 g/mol. The number of para-hydroxylation sites is 1. The fourth-order valence-corrected chi connectivity index (χ4v) is 2.45. The number of rotatable bonds is 6. The van der Waals surface area contributed by atoms with Crippen molar-refractivity contribution in [3.05, 3.63) is 59.2 Å². The first-order valence-electron chi connectivity index (χ1n) is 8.09. The summed E-state index contributed by atoms with van der Waals surface area (Å²) in [4.78, 5) is 23.7. The number of benzene rings is 2. The van der Waals surface area contributed by atoms with Gasteiger partial charge in [0.25, 0.3) is 5.91 Å². The number of hydrogen-bond donors (Lipinski definition) is 1. The Labute approximate surface area is 142 Å². The summed E-state index contributed by atoms with van der Waals surface area (Å²) in [7, 11) is 0. The lowest BCUT2D eigenvalue weighted by atomic mass is 10.1. The Balaban J connectivity index is 2.06. The maximum Gasteiger partial charge on any atom is 0.265 e. The van der Waals surface area contributed by atoms with Gasteiger partial charge in [0.1, 0.15) is 5.75 Å². The molecule has 2 aromatic rings. The van der Waals surface area contributed by atoms with E-state index in [1.807, 2.05) is 25.1 Å². The summed E-state index contributed by atoms with van der Waals surface area (Å²) in [5, 5.41) is 2.96. The number of Topliss-reactive ketones (excluding diaryl/α,β-unsaturated/α-hetero) is 1. The summed E-state index contributed by atoms with van der Waals surface area (Å²) >= 11 is 0. The Kier molecular flexibility index (Phi) is 5.74. The number of aryl methyl sites for hydroxylation is 2. The third-order valence-corrected chi connectivity index (χ3v) is 3.93. The summed E-state index contributed by atoms with van der Waals surface area (Å²) in [6.07, 6.45) is 0.205. The van der Waals surface area contributed by atoms with Gasteiger partial charge in [-0.15, -0.1) is 0 Å². The number of anilines is 1. The van der Waals surface area contributed by atoms with Crippen LogP contribution in [-0.2, 0) is 11.2 Å². The van der Waals surface area contributed by atoms with E-state index >= 15 is 0 Å². The van der Waals surface area contributed by atoms with E-state index in [0.717, 1.165) is 23.2 Å². The fourth-order valence-electron chi connectivity index (χ4n) is 2.45. The zero-order chi connectivity index (χ0) is 17.7. The molecule has 0 saturated carbocycles. The van der Waals surface area contributed by atoms with Gasteiger partial charge in [-0.2, -0.15) is 0 Å². The average molecular weight is 325 g/mol. The number of ketones is 1. The van der Waals surface area contributed by atoms with Gasteiger partial charge in [0, 0.05) is 11.3 Å². The van der Waals surface area contributed by atoms with Crippen molar-refractivity contribution < 1.29 is 14.3 Å². The van der Waals surface area contributed by atoms with Gasteiger partial charge in [-0.1, -0.05) is 25.1 Å². The van der Waals surface area contributed by atoms with Crippen LogP contribution in [0.1, 0.15) is 42.3 Å². The van der Waals surface area contributed by atoms with Crippen molar-refractivity contribution in [1.29, 1.82) is 0 Å². The molecule has 0 heterocycles. The lowest BCUT2D eigenvalue weighted by Crippen LogP contribution is -2.30. The third kappa shape index (κ3) is 4.22. The molecule has 0 radical (unpaired) electrons. The lowest BCUT2D eigenvalue weighted by Gasteiger charge is -2.18. The molecule has 0 bridgehead atoms. The highest BCUT2D eigenvalue weighted by atomic mass is 16.5. The Morgan fingerprint density at radius 1 is 1.12 bits per heavy atom. The normalized spacial score (nSPS) is 11.7. The average Bonchev–Trinajstić information content (AvgIpc) is 2.57. The number of nitrogens with one attached hydrogen (secondary N) is 1. The molecule has 4 heteroatoms. The molecule has 1 amide bonds. The first kappa shape index (κ1) is 17.7. The van der Waals surface area contributed by atoms with E-state index < -0.39 is 6.10 Å². The van der Waals surface area contributed by atoms with Crippen molar-refractivity contribution in [1.82, 2.24) is 0 Å². The number of ether oxygens (including phenoxy) is 1. The Hall–Kier alpha value is -2.62. The molecule has 0 fully saturated rings. The van der Waals surface area contributed by atoms with Crippen LogP contribution in [0.25, 0.3) is 0 Å². The molecule has 1 atom stereocenters. The van der Waals surface area contributed by atoms with Crippen molar-refractivity contribution in [2.75, 3.05) is 5.32 Å². The molecule has 0 spiro atoms.